The predicted octanol–water partition coefficient (Wildman–Crippen LogP) is 0.660. The van der Waals surface area contributed by atoms with Gasteiger partial charge >= 0.3 is 0 Å². The Morgan fingerprint density at radius 2 is 1.80 bits per heavy atom. The molecule has 2 heterocycles. The quantitative estimate of drug-likeness (QED) is 0.794. The highest BCUT2D eigenvalue weighted by molar-refractivity contribution is 6.22. The topological polar surface area (TPSA) is 61.4 Å². The van der Waals surface area contributed by atoms with Crippen LogP contribution >= 0.6 is 0 Å². The second-order valence-corrected chi connectivity index (χ2v) is 5.35. The van der Waals surface area contributed by atoms with Crippen molar-refractivity contribution in [2.24, 2.45) is 0 Å². The third-order valence-electron chi connectivity index (χ3n) is 3.94. The molecule has 2 saturated heterocycles. The summed E-state index contributed by atoms with van der Waals surface area (Å²) in [6.07, 6.45) is 2.27. The van der Waals surface area contributed by atoms with Crippen molar-refractivity contribution in [1.82, 2.24) is 10.6 Å². The van der Waals surface area contributed by atoms with Gasteiger partial charge in [-0.15, -0.1) is 0 Å². The van der Waals surface area contributed by atoms with Crippen LogP contribution in [0.3, 0.4) is 0 Å². The SMILES string of the molecule is O=C1CC(NC2CCNCC2)C(=O)N1c1ccccc1. The zero-order chi connectivity index (χ0) is 13.9. The largest absolute Gasteiger partial charge is 0.317 e. The van der Waals surface area contributed by atoms with Gasteiger partial charge in [-0.05, 0) is 38.1 Å². The second kappa shape index (κ2) is 5.73. The smallest absolute Gasteiger partial charge is 0.251 e. The van der Waals surface area contributed by atoms with Crippen molar-refractivity contribution in [3.8, 4) is 0 Å². The minimum atomic E-state index is -0.370. The van der Waals surface area contributed by atoms with Gasteiger partial charge in [0.1, 0.15) is 0 Å². The van der Waals surface area contributed by atoms with Crippen LogP contribution in [-0.2, 0) is 9.59 Å². The number of nitrogens with zero attached hydrogens (tertiary/aromatic N) is 1. The van der Waals surface area contributed by atoms with Gasteiger partial charge in [-0.1, -0.05) is 18.2 Å². The van der Waals surface area contributed by atoms with Gasteiger partial charge in [0, 0.05) is 6.04 Å². The maximum Gasteiger partial charge on any atom is 0.251 e. The lowest BCUT2D eigenvalue weighted by Gasteiger charge is -2.26. The molecule has 2 fully saturated rings. The van der Waals surface area contributed by atoms with Crippen LogP contribution in [-0.4, -0.2) is 37.0 Å². The maximum atomic E-state index is 12.4. The second-order valence-electron chi connectivity index (χ2n) is 5.35. The summed E-state index contributed by atoms with van der Waals surface area (Å²) in [6.45, 7) is 1.93. The summed E-state index contributed by atoms with van der Waals surface area (Å²) >= 11 is 0. The van der Waals surface area contributed by atoms with Gasteiger partial charge in [0.2, 0.25) is 5.91 Å². The van der Waals surface area contributed by atoms with E-state index in [4.69, 9.17) is 0 Å². The third-order valence-corrected chi connectivity index (χ3v) is 3.94. The van der Waals surface area contributed by atoms with E-state index in [0.717, 1.165) is 25.9 Å². The Hall–Kier alpha value is -1.72. The number of amides is 2. The highest BCUT2D eigenvalue weighted by Crippen LogP contribution is 2.23. The van der Waals surface area contributed by atoms with E-state index in [1.807, 2.05) is 18.2 Å². The van der Waals surface area contributed by atoms with Gasteiger partial charge in [-0.25, -0.2) is 4.90 Å². The molecule has 106 valence electrons. The van der Waals surface area contributed by atoms with Crippen molar-refractivity contribution >= 4 is 17.5 Å². The molecule has 1 aromatic carbocycles. The fourth-order valence-corrected chi connectivity index (χ4v) is 2.88. The molecule has 2 amide bonds. The maximum absolute atomic E-state index is 12.4. The lowest BCUT2D eigenvalue weighted by atomic mass is 10.1. The molecular weight excluding hydrogens is 254 g/mol. The summed E-state index contributed by atoms with van der Waals surface area (Å²) in [5.74, 6) is -0.243. The minimum Gasteiger partial charge on any atom is -0.317 e. The van der Waals surface area contributed by atoms with Gasteiger partial charge in [0.25, 0.3) is 5.91 Å². The Balaban J connectivity index is 1.70. The van der Waals surface area contributed by atoms with Crippen molar-refractivity contribution in [3.63, 3.8) is 0 Å². The number of rotatable bonds is 3. The summed E-state index contributed by atoms with van der Waals surface area (Å²) < 4.78 is 0. The number of carbonyl (C=O) groups is 2. The number of carbonyl (C=O) groups excluding carboxylic acids is 2. The lowest BCUT2D eigenvalue weighted by molar-refractivity contribution is -0.121. The first-order chi connectivity index (χ1) is 9.75. The lowest BCUT2D eigenvalue weighted by Crippen LogP contribution is -2.47. The summed E-state index contributed by atoms with van der Waals surface area (Å²) in [4.78, 5) is 25.8. The number of anilines is 1. The molecule has 1 unspecified atom stereocenters. The molecule has 2 aliphatic rings. The van der Waals surface area contributed by atoms with E-state index in [1.54, 1.807) is 12.1 Å². The van der Waals surface area contributed by atoms with Gasteiger partial charge in [0.15, 0.2) is 0 Å². The van der Waals surface area contributed by atoms with Gasteiger partial charge in [-0.3, -0.25) is 9.59 Å². The van der Waals surface area contributed by atoms with E-state index in [2.05, 4.69) is 10.6 Å². The van der Waals surface area contributed by atoms with Crippen LogP contribution in [0.1, 0.15) is 19.3 Å². The van der Waals surface area contributed by atoms with E-state index in [0.29, 0.717) is 11.7 Å². The molecule has 0 radical (unpaired) electrons. The van der Waals surface area contributed by atoms with Gasteiger partial charge in [-0.2, -0.15) is 0 Å². The van der Waals surface area contributed by atoms with Crippen molar-refractivity contribution in [2.75, 3.05) is 18.0 Å². The molecule has 5 nitrogen and oxygen atoms in total. The van der Waals surface area contributed by atoms with E-state index < -0.39 is 0 Å². The number of nitrogens with one attached hydrogen (secondary N) is 2. The first kappa shape index (κ1) is 13.3. The van der Waals surface area contributed by atoms with Gasteiger partial charge in [0.05, 0.1) is 18.2 Å². The Morgan fingerprint density at radius 1 is 1.10 bits per heavy atom. The molecule has 0 aromatic heterocycles. The average Bonchev–Trinajstić information content (AvgIpc) is 2.75. The highest BCUT2D eigenvalue weighted by atomic mass is 16.2. The minimum absolute atomic E-state index is 0.118. The van der Waals surface area contributed by atoms with Crippen LogP contribution in [0.5, 0.6) is 0 Å². The fraction of sp³-hybridized carbons (Fsp3) is 0.467. The normalized spacial score (nSPS) is 24.4. The van der Waals surface area contributed by atoms with Crippen LogP contribution in [0.15, 0.2) is 30.3 Å². The Bertz CT molecular complexity index is 497. The Kier molecular flexibility index (Phi) is 3.80. The first-order valence-electron chi connectivity index (χ1n) is 7.14. The number of piperidine rings is 1. The summed E-state index contributed by atoms with van der Waals surface area (Å²) in [6, 6.07) is 9.09. The molecule has 1 atom stereocenters. The molecule has 5 heteroatoms. The van der Waals surface area contributed by atoms with Crippen LogP contribution in [0.4, 0.5) is 5.69 Å². The van der Waals surface area contributed by atoms with Crippen LogP contribution in [0, 0.1) is 0 Å². The number of para-hydroxylation sites is 1. The standard InChI is InChI=1S/C15H19N3O2/c19-14-10-13(17-11-6-8-16-9-7-11)15(20)18(14)12-4-2-1-3-5-12/h1-5,11,13,16-17H,6-10H2. The predicted molar refractivity (Wildman–Crippen MR) is 76.4 cm³/mol. The van der Waals surface area contributed by atoms with Crippen LogP contribution in [0.25, 0.3) is 0 Å². The molecule has 1 aromatic rings. The molecular formula is C15H19N3O2. The monoisotopic (exact) mass is 273 g/mol. The van der Waals surface area contributed by atoms with Crippen molar-refractivity contribution in [3.05, 3.63) is 30.3 Å². The Labute approximate surface area is 118 Å². The number of hydrogen-bond acceptors (Lipinski definition) is 4. The molecule has 2 N–H and O–H groups in total. The summed E-state index contributed by atoms with van der Waals surface area (Å²) in [5.41, 5.74) is 0.664. The molecule has 20 heavy (non-hydrogen) atoms. The zero-order valence-electron chi connectivity index (χ0n) is 11.3. The fourth-order valence-electron chi connectivity index (χ4n) is 2.88. The van der Waals surface area contributed by atoms with Crippen molar-refractivity contribution in [1.29, 1.82) is 0 Å². The van der Waals surface area contributed by atoms with Crippen molar-refractivity contribution in [2.45, 2.75) is 31.3 Å². The average molecular weight is 273 g/mol. The molecule has 0 saturated carbocycles. The highest BCUT2D eigenvalue weighted by Gasteiger charge is 2.40. The van der Waals surface area contributed by atoms with Crippen LogP contribution < -0.4 is 15.5 Å². The molecule has 3 rings (SSSR count). The van der Waals surface area contributed by atoms with Gasteiger partial charge < -0.3 is 10.6 Å². The number of hydrogen-bond donors (Lipinski definition) is 2. The molecule has 2 aliphatic heterocycles. The van der Waals surface area contributed by atoms with E-state index in [9.17, 15) is 9.59 Å². The zero-order valence-corrected chi connectivity index (χ0v) is 11.3. The number of imide groups is 1. The first-order valence-corrected chi connectivity index (χ1v) is 7.14. The van der Waals surface area contributed by atoms with E-state index in [1.165, 1.54) is 4.90 Å². The third kappa shape index (κ3) is 2.59. The van der Waals surface area contributed by atoms with E-state index in [-0.39, 0.29) is 24.3 Å². The van der Waals surface area contributed by atoms with Crippen LogP contribution in [0.2, 0.25) is 0 Å². The molecule has 0 aliphatic carbocycles. The number of benzene rings is 1. The van der Waals surface area contributed by atoms with E-state index >= 15 is 0 Å². The Morgan fingerprint density at radius 3 is 2.50 bits per heavy atom. The molecule has 0 bridgehead atoms. The summed E-state index contributed by atoms with van der Waals surface area (Å²) in [5, 5.41) is 6.64. The molecule has 0 spiro atoms. The van der Waals surface area contributed by atoms with Crippen molar-refractivity contribution < 1.29 is 9.59 Å². The summed E-state index contributed by atoms with van der Waals surface area (Å²) in [7, 11) is 0.